The number of rotatable bonds is 11. The van der Waals surface area contributed by atoms with Crippen molar-refractivity contribution < 1.29 is 34.1 Å². The standard InChI is InChI=1S/C21H25ClN2O3.C6H8O4/c22-17-8-6-16(7-9-17)21(19-4-1-2-12-23-19)27-18-10-14-24(15-11-18)13-3-5-20(25)26;1-2-10-6(9)4-3-5(7)8/h1-2,4,6-9,12,18,21H,3,5,10-11,13-15H2,(H,25,26);3-4H,2H2,1H3,(H,7,8)/b;4-3+/t21-;/m0./s1. The molecule has 0 radical (unpaired) electrons. The molecule has 2 heterocycles. The van der Waals surface area contributed by atoms with E-state index in [2.05, 4.69) is 14.6 Å². The number of aromatic nitrogens is 1. The number of piperidine rings is 1. The van der Waals surface area contributed by atoms with Crippen LogP contribution in [0.4, 0.5) is 0 Å². The van der Waals surface area contributed by atoms with Crippen molar-refractivity contribution in [1.29, 1.82) is 0 Å². The van der Waals surface area contributed by atoms with E-state index in [4.69, 9.17) is 26.6 Å². The highest BCUT2D eigenvalue weighted by molar-refractivity contribution is 6.30. The highest BCUT2D eigenvalue weighted by Crippen LogP contribution is 2.29. The molecular weight excluding hydrogens is 500 g/mol. The number of nitrogens with zero attached hydrogens (tertiary/aromatic N) is 2. The maximum absolute atomic E-state index is 10.7. The predicted octanol–water partition coefficient (Wildman–Crippen LogP) is 4.36. The molecule has 1 fully saturated rings. The number of ether oxygens (including phenoxy) is 2. The number of carboxylic acids is 2. The van der Waals surface area contributed by atoms with Gasteiger partial charge in [-0.1, -0.05) is 29.8 Å². The molecule has 3 rings (SSSR count). The lowest BCUT2D eigenvalue weighted by Crippen LogP contribution is -2.38. The van der Waals surface area contributed by atoms with Crippen molar-refractivity contribution in [2.75, 3.05) is 26.2 Å². The number of carboxylic acid groups (broad SMARTS) is 2. The van der Waals surface area contributed by atoms with Gasteiger partial charge >= 0.3 is 17.9 Å². The van der Waals surface area contributed by atoms with Crippen molar-refractivity contribution >= 4 is 29.5 Å². The van der Waals surface area contributed by atoms with Gasteiger partial charge in [0.1, 0.15) is 6.10 Å². The summed E-state index contributed by atoms with van der Waals surface area (Å²) < 4.78 is 10.9. The topological polar surface area (TPSA) is 126 Å². The summed E-state index contributed by atoms with van der Waals surface area (Å²) in [5, 5.41) is 17.5. The van der Waals surface area contributed by atoms with Crippen molar-refractivity contribution in [3.63, 3.8) is 0 Å². The summed E-state index contributed by atoms with van der Waals surface area (Å²) in [6, 6.07) is 13.6. The summed E-state index contributed by atoms with van der Waals surface area (Å²) in [7, 11) is 0. The third-order valence-corrected chi connectivity index (χ3v) is 5.76. The zero-order chi connectivity index (χ0) is 27.0. The quantitative estimate of drug-likeness (QED) is 0.320. The second kappa shape index (κ2) is 16.5. The molecule has 1 aliphatic heterocycles. The Morgan fingerprint density at radius 3 is 2.38 bits per heavy atom. The van der Waals surface area contributed by atoms with Gasteiger partial charge in [-0.25, -0.2) is 9.59 Å². The Kier molecular flexibility index (Phi) is 13.3. The number of likely N-dealkylation sites (tertiary alicyclic amines) is 1. The van der Waals surface area contributed by atoms with E-state index < -0.39 is 17.9 Å². The molecule has 1 atom stereocenters. The fraction of sp³-hybridized carbons (Fsp3) is 0.407. The maximum Gasteiger partial charge on any atom is 0.330 e. The zero-order valence-corrected chi connectivity index (χ0v) is 21.5. The molecule has 0 spiro atoms. The number of carbonyl (C=O) groups is 3. The van der Waals surface area contributed by atoms with Crippen LogP contribution in [0.3, 0.4) is 0 Å². The van der Waals surface area contributed by atoms with Gasteiger partial charge in [-0.3, -0.25) is 9.78 Å². The van der Waals surface area contributed by atoms with Gasteiger partial charge in [-0.15, -0.1) is 0 Å². The molecule has 1 saturated heterocycles. The largest absolute Gasteiger partial charge is 0.481 e. The molecule has 0 bridgehead atoms. The minimum Gasteiger partial charge on any atom is -0.481 e. The van der Waals surface area contributed by atoms with Crippen LogP contribution in [0.15, 0.2) is 60.8 Å². The van der Waals surface area contributed by atoms with Crippen LogP contribution >= 0.6 is 11.6 Å². The lowest BCUT2D eigenvalue weighted by molar-refractivity contribution is -0.138. The minimum atomic E-state index is -1.16. The Morgan fingerprint density at radius 1 is 1.11 bits per heavy atom. The minimum absolute atomic E-state index is 0.156. The molecule has 0 unspecified atom stereocenters. The number of halogens is 1. The van der Waals surface area contributed by atoms with E-state index >= 15 is 0 Å². The molecule has 0 amide bonds. The van der Waals surface area contributed by atoms with E-state index in [1.165, 1.54) is 0 Å². The van der Waals surface area contributed by atoms with E-state index in [0.717, 1.165) is 55.9 Å². The van der Waals surface area contributed by atoms with Gasteiger partial charge in [0.15, 0.2) is 0 Å². The van der Waals surface area contributed by atoms with E-state index in [9.17, 15) is 14.4 Å². The summed E-state index contributed by atoms with van der Waals surface area (Å²) in [6.07, 6.45) is 6.12. The second-order valence-corrected chi connectivity index (χ2v) is 8.72. The fourth-order valence-electron chi connectivity index (χ4n) is 3.73. The van der Waals surface area contributed by atoms with Crippen LogP contribution in [-0.4, -0.2) is 70.3 Å². The molecule has 1 aromatic carbocycles. The van der Waals surface area contributed by atoms with E-state index in [0.29, 0.717) is 11.4 Å². The molecular formula is C27H33ClN2O7. The number of benzene rings is 1. The summed E-state index contributed by atoms with van der Waals surface area (Å²) >= 11 is 6.03. The predicted molar refractivity (Wildman–Crippen MR) is 138 cm³/mol. The molecule has 2 aromatic rings. The van der Waals surface area contributed by atoms with Crippen LogP contribution in [-0.2, 0) is 23.9 Å². The molecule has 1 aliphatic rings. The monoisotopic (exact) mass is 532 g/mol. The maximum atomic E-state index is 10.7. The first-order chi connectivity index (χ1) is 17.8. The Morgan fingerprint density at radius 2 is 1.81 bits per heavy atom. The van der Waals surface area contributed by atoms with Crippen LogP contribution in [0.5, 0.6) is 0 Å². The smallest absolute Gasteiger partial charge is 0.330 e. The van der Waals surface area contributed by atoms with E-state index in [1.807, 2.05) is 42.5 Å². The molecule has 37 heavy (non-hydrogen) atoms. The van der Waals surface area contributed by atoms with Gasteiger partial charge < -0.3 is 24.6 Å². The number of hydrogen-bond donors (Lipinski definition) is 2. The summed E-state index contributed by atoms with van der Waals surface area (Å²) in [4.78, 5) is 37.7. The third kappa shape index (κ3) is 12.0. The molecule has 200 valence electrons. The summed E-state index contributed by atoms with van der Waals surface area (Å²) in [5.74, 6) is -2.52. The van der Waals surface area contributed by atoms with Crippen molar-refractivity contribution in [2.24, 2.45) is 0 Å². The van der Waals surface area contributed by atoms with Gasteiger partial charge in [-0.2, -0.15) is 0 Å². The Hall–Kier alpha value is -3.27. The molecule has 2 N–H and O–H groups in total. The highest BCUT2D eigenvalue weighted by atomic mass is 35.5. The summed E-state index contributed by atoms with van der Waals surface area (Å²) in [6.45, 7) is 4.59. The van der Waals surface area contributed by atoms with Gasteiger partial charge in [-0.05, 0) is 62.6 Å². The van der Waals surface area contributed by atoms with Gasteiger partial charge in [0.25, 0.3) is 0 Å². The lowest BCUT2D eigenvalue weighted by atomic mass is 10.0. The first kappa shape index (κ1) is 30.0. The van der Waals surface area contributed by atoms with Crippen LogP contribution in [0.1, 0.15) is 50.0 Å². The Labute approximate surface area is 221 Å². The summed E-state index contributed by atoms with van der Waals surface area (Å²) in [5.41, 5.74) is 1.94. The molecule has 1 aromatic heterocycles. The normalized spacial score (nSPS) is 15.0. The first-order valence-electron chi connectivity index (χ1n) is 12.1. The number of esters is 1. The van der Waals surface area contributed by atoms with Crippen LogP contribution in [0, 0.1) is 0 Å². The van der Waals surface area contributed by atoms with E-state index in [-0.39, 0.29) is 25.2 Å². The van der Waals surface area contributed by atoms with Crippen LogP contribution in [0.2, 0.25) is 5.02 Å². The molecule has 0 saturated carbocycles. The van der Waals surface area contributed by atoms with Crippen molar-refractivity contribution in [3.05, 3.63) is 77.1 Å². The number of pyridine rings is 1. The van der Waals surface area contributed by atoms with Gasteiger partial charge in [0.2, 0.25) is 0 Å². The number of aliphatic carboxylic acids is 2. The Balaban J connectivity index is 0.000000410. The highest BCUT2D eigenvalue weighted by Gasteiger charge is 2.25. The lowest BCUT2D eigenvalue weighted by Gasteiger charge is -2.34. The van der Waals surface area contributed by atoms with E-state index in [1.54, 1.807) is 13.1 Å². The third-order valence-electron chi connectivity index (χ3n) is 5.51. The SMILES string of the molecule is CCOC(=O)/C=C/C(=O)O.O=C(O)CCCN1CCC(O[C@@H](c2ccc(Cl)cc2)c2ccccn2)CC1. The number of carbonyl (C=O) groups excluding carboxylic acids is 1. The van der Waals surface area contributed by atoms with Crippen LogP contribution in [0.25, 0.3) is 0 Å². The van der Waals surface area contributed by atoms with Gasteiger partial charge in [0.05, 0.1) is 18.4 Å². The molecule has 10 heteroatoms. The number of hydrogen-bond acceptors (Lipinski definition) is 7. The Bertz CT molecular complexity index is 1010. The fourth-order valence-corrected chi connectivity index (χ4v) is 3.86. The molecule has 9 nitrogen and oxygen atoms in total. The average molecular weight is 533 g/mol. The van der Waals surface area contributed by atoms with Crippen molar-refractivity contribution in [3.8, 4) is 0 Å². The van der Waals surface area contributed by atoms with Gasteiger partial charge in [0, 0.05) is 42.9 Å². The average Bonchev–Trinajstić information content (AvgIpc) is 2.88. The zero-order valence-electron chi connectivity index (χ0n) is 20.8. The first-order valence-corrected chi connectivity index (χ1v) is 12.5. The van der Waals surface area contributed by atoms with Crippen LogP contribution < -0.4 is 0 Å². The second-order valence-electron chi connectivity index (χ2n) is 8.28. The molecule has 0 aliphatic carbocycles. The van der Waals surface area contributed by atoms with Crippen molar-refractivity contribution in [2.45, 2.75) is 44.8 Å². The van der Waals surface area contributed by atoms with Crippen molar-refractivity contribution in [1.82, 2.24) is 9.88 Å².